The summed E-state index contributed by atoms with van der Waals surface area (Å²) >= 11 is 0. The van der Waals surface area contributed by atoms with E-state index in [0.29, 0.717) is 30.3 Å². The fourth-order valence-corrected chi connectivity index (χ4v) is 2.90. The molecule has 0 bridgehead atoms. The van der Waals surface area contributed by atoms with Crippen molar-refractivity contribution in [2.75, 3.05) is 6.61 Å². The monoisotopic (exact) mass is 392 g/mol. The van der Waals surface area contributed by atoms with Crippen molar-refractivity contribution in [2.45, 2.75) is 33.2 Å². The molecule has 0 aliphatic carbocycles. The highest BCUT2D eigenvalue weighted by molar-refractivity contribution is 5.76. The van der Waals surface area contributed by atoms with Crippen LogP contribution in [0.5, 0.6) is 5.75 Å². The van der Waals surface area contributed by atoms with Gasteiger partial charge in [-0.05, 0) is 31.5 Å². The Labute approximate surface area is 169 Å². The van der Waals surface area contributed by atoms with Crippen LogP contribution in [0.2, 0.25) is 0 Å². The molecule has 0 radical (unpaired) electrons. The van der Waals surface area contributed by atoms with Crippen molar-refractivity contribution in [3.8, 4) is 17.1 Å². The predicted molar refractivity (Wildman–Crippen MR) is 111 cm³/mol. The summed E-state index contributed by atoms with van der Waals surface area (Å²) in [5.74, 6) is 0.924. The van der Waals surface area contributed by atoms with Crippen molar-refractivity contribution in [1.82, 2.24) is 20.5 Å². The molecule has 7 heteroatoms. The second-order valence-corrected chi connectivity index (χ2v) is 6.68. The van der Waals surface area contributed by atoms with Crippen molar-refractivity contribution >= 4 is 5.91 Å². The molecule has 0 unspecified atom stereocenters. The molecule has 0 fully saturated rings. The molecular weight excluding hydrogens is 368 g/mol. The minimum atomic E-state index is -0.344. The smallest absolute Gasteiger partial charge is 0.273 e. The summed E-state index contributed by atoms with van der Waals surface area (Å²) in [5, 5.41) is 11.0. The average molecular weight is 392 g/mol. The number of nitrogens with zero attached hydrogens (tertiary/aromatic N) is 2. The first-order valence-corrected chi connectivity index (χ1v) is 9.56. The number of aryl methyl sites for hydroxylation is 2. The third kappa shape index (κ3) is 5.75. The molecule has 2 N–H and O–H groups in total. The fourth-order valence-electron chi connectivity index (χ4n) is 2.90. The van der Waals surface area contributed by atoms with E-state index in [9.17, 15) is 9.59 Å². The summed E-state index contributed by atoms with van der Waals surface area (Å²) in [7, 11) is 0. The van der Waals surface area contributed by atoms with Crippen LogP contribution in [0.4, 0.5) is 0 Å². The number of benzene rings is 2. The topological polar surface area (TPSA) is 97.0 Å². The minimum Gasteiger partial charge on any atom is -0.494 e. The van der Waals surface area contributed by atoms with Crippen LogP contribution >= 0.6 is 0 Å². The first-order valence-electron chi connectivity index (χ1n) is 9.56. The number of amides is 1. The van der Waals surface area contributed by atoms with Gasteiger partial charge in [-0.25, -0.2) is 0 Å². The molecule has 0 aliphatic rings. The van der Waals surface area contributed by atoms with Crippen LogP contribution in [0.3, 0.4) is 0 Å². The summed E-state index contributed by atoms with van der Waals surface area (Å²) in [4.78, 5) is 27.2. The van der Waals surface area contributed by atoms with Crippen LogP contribution in [0.25, 0.3) is 11.4 Å². The second-order valence-electron chi connectivity index (χ2n) is 6.68. The molecule has 0 aliphatic heterocycles. The van der Waals surface area contributed by atoms with E-state index in [1.807, 2.05) is 56.3 Å². The van der Waals surface area contributed by atoms with Gasteiger partial charge in [0.25, 0.3) is 5.56 Å². The van der Waals surface area contributed by atoms with E-state index >= 15 is 0 Å². The number of rotatable bonds is 8. The Kier molecular flexibility index (Phi) is 6.73. The lowest BCUT2D eigenvalue weighted by molar-refractivity contribution is -0.121. The quantitative estimate of drug-likeness (QED) is 0.614. The van der Waals surface area contributed by atoms with Crippen molar-refractivity contribution in [3.05, 3.63) is 75.7 Å². The maximum Gasteiger partial charge on any atom is 0.273 e. The lowest BCUT2D eigenvalue weighted by Crippen LogP contribution is -2.25. The number of hydrogen-bond acceptors (Lipinski definition) is 5. The molecule has 150 valence electrons. The highest BCUT2D eigenvalue weighted by Crippen LogP contribution is 2.19. The van der Waals surface area contributed by atoms with Gasteiger partial charge in [0.1, 0.15) is 11.4 Å². The zero-order valence-corrected chi connectivity index (χ0v) is 16.6. The van der Waals surface area contributed by atoms with Crippen molar-refractivity contribution < 1.29 is 9.53 Å². The minimum absolute atomic E-state index is 0.138. The second kappa shape index (κ2) is 9.64. The molecule has 2 aromatic carbocycles. The standard InChI is InChI=1S/C22H24N4O3/c1-3-29-18-9-5-8-17(13-18)21-24-22(28)19(25-26-21)10-11-20(27)23-14-16-7-4-6-15(2)12-16/h4-9,12-13H,3,10-11,14H2,1-2H3,(H,23,27)(H,24,26,28). The summed E-state index contributed by atoms with van der Waals surface area (Å²) in [6, 6.07) is 15.2. The van der Waals surface area contributed by atoms with Crippen molar-refractivity contribution in [2.24, 2.45) is 0 Å². The molecule has 3 aromatic rings. The van der Waals surface area contributed by atoms with Crippen molar-refractivity contribution in [3.63, 3.8) is 0 Å². The largest absolute Gasteiger partial charge is 0.494 e. The fraction of sp³-hybridized carbons (Fsp3) is 0.273. The maximum atomic E-state index is 12.3. The number of H-pyrrole nitrogens is 1. The first kappa shape index (κ1) is 20.3. The van der Waals surface area contributed by atoms with E-state index < -0.39 is 0 Å². The molecule has 0 saturated carbocycles. The Morgan fingerprint density at radius 2 is 1.97 bits per heavy atom. The first-order chi connectivity index (χ1) is 14.0. The van der Waals surface area contributed by atoms with E-state index in [2.05, 4.69) is 20.5 Å². The molecule has 3 rings (SSSR count). The van der Waals surface area contributed by atoms with Gasteiger partial charge in [0, 0.05) is 24.9 Å². The Hall–Kier alpha value is -3.48. The Morgan fingerprint density at radius 1 is 1.14 bits per heavy atom. The molecule has 29 heavy (non-hydrogen) atoms. The van der Waals surface area contributed by atoms with Gasteiger partial charge in [-0.15, -0.1) is 10.2 Å². The highest BCUT2D eigenvalue weighted by Gasteiger charge is 2.10. The normalized spacial score (nSPS) is 10.6. The summed E-state index contributed by atoms with van der Waals surface area (Å²) in [6.07, 6.45) is 0.393. The summed E-state index contributed by atoms with van der Waals surface area (Å²) in [5.41, 5.74) is 2.78. The van der Waals surface area contributed by atoms with Gasteiger partial charge >= 0.3 is 0 Å². The van der Waals surface area contributed by atoms with E-state index in [1.165, 1.54) is 0 Å². The zero-order valence-electron chi connectivity index (χ0n) is 16.6. The lowest BCUT2D eigenvalue weighted by atomic mass is 10.1. The molecule has 1 aromatic heterocycles. The van der Waals surface area contributed by atoms with E-state index in [4.69, 9.17) is 4.74 Å². The molecular formula is C22H24N4O3. The van der Waals surface area contributed by atoms with Gasteiger partial charge in [0.15, 0.2) is 5.82 Å². The van der Waals surface area contributed by atoms with E-state index in [1.54, 1.807) is 6.07 Å². The van der Waals surface area contributed by atoms with Crippen molar-refractivity contribution in [1.29, 1.82) is 0 Å². The van der Waals surface area contributed by atoms with Gasteiger partial charge < -0.3 is 15.0 Å². The SMILES string of the molecule is CCOc1cccc(-c2nnc(CCC(=O)NCc3cccc(C)c3)c(=O)[nH]2)c1. The average Bonchev–Trinajstić information content (AvgIpc) is 2.72. The third-order valence-corrected chi connectivity index (χ3v) is 4.34. The third-order valence-electron chi connectivity index (χ3n) is 4.34. The van der Waals surface area contributed by atoms with Gasteiger partial charge in [-0.3, -0.25) is 9.59 Å². The van der Waals surface area contributed by atoms with Crippen LogP contribution in [-0.2, 0) is 17.8 Å². The number of ether oxygens (including phenoxy) is 1. The number of nitrogens with one attached hydrogen (secondary N) is 2. The maximum absolute atomic E-state index is 12.3. The Morgan fingerprint density at radius 3 is 2.72 bits per heavy atom. The van der Waals surface area contributed by atoms with Crippen LogP contribution in [0.15, 0.2) is 53.3 Å². The molecule has 1 heterocycles. The lowest BCUT2D eigenvalue weighted by Gasteiger charge is -2.07. The summed E-state index contributed by atoms with van der Waals surface area (Å²) < 4.78 is 5.46. The van der Waals surface area contributed by atoms with E-state index in [0.717, 1.165) is 11.1 Å². The Balaban J connectivity index is 1.58. The van der Waals surface area contributed by atoms with Crippen LogP contribution in [0, 0.1) is 6.92 Å². The Bertz CT molecular complexity index is 1050. The van der Waals surface area contributed by atoms with Gasteiger partial charge in [-0.2, -0.15) is 0 Å². The molecule has 7 nitrogen and oxygen atoms in total. The molecule has 1 amide bonds. The predicted octanol–water partition coefficient (Wildman–Crippen LogP) is 2.79. The molecule has 0 atom stereocenters. The van der Waals surface area contributed by atoms with Crippen LogP contribution < -0.4 is 15.6 Å². The molecule has 0 spiro atoms. The van der Waals surface area contributed by atoms with Crippen LogP contribution in [0.1, 0.15) is 30.2 Å². The van der Waals surface area contributed by atoms with Gasteiger partial charge in [-0.1, -0.05) is 42.0 Å². The number of aromatic nitrogens is 3. The summed E-state index contributed by atoms with van der Waals surface area (Å²) in [6.45, 7) is 4.92. The van der Waals surface area contributed by atoms with E-state index in [-0.39, 0.29) is 30.0 Å². The zero-order chi connectivity index (χ0) is 20.6. The number of aromatic amines is 1. The van der Waals surface area contributed by atoms with Crippen LogP contribution in [-0.4, -0.2) is 27.7 Å². The number of carbonyl (C=O) groups excluding carboxylic acids is 1. The molecule has 0 saturated heterocycles. The van der Waals surface area contributed by atoms with Gasteiger partial charge in [0.2, 0.25) is 5.91 Å². The van der Waals surface area contributed by atoms with Gasteiger partial charge in [0.05, 0.1) is 6.61 Å². The number of hydrogen-bond donors (Lipinski definition) is 2. The number of carbonyl (C=O) groups is 1. The highest BCUT2D eigenvalue weighted by atomic mass is 16.5.